The van der Waals surface area contributed by atoms with Crippen LogP contribution < -0.4 is 5.32 Å². The fraction of sp³-hybridized carbons (Fsp3) is 0.308. The number of rotatable bonds is 4. The highest BCUT2D eigenvalue weighted by Gasteiger charge is 2.17. The Bertz CT molecular complexity index is 539. The first-order valence-electron chi connectivity index (χ1n) is 5.78. The first-order chi connectivity index (χ1) is 8.61. The molecular weight excluding hydrogens is 344 g/mol. The van der Waals surface area contributed by atoms with Crippen LogP contribution in [0.25, 0.3) is 0 Å². The fourth-order valence-corrected chi connectivity index (χ4v) is 2.73. The Hall–Kier alpha value is -0.950. The van der Waals surface area contributed by atoms with E-state index >= 15 is 0 Å². The molecule has 0 amide bonds. The largest absolute Gasteiger partial charge is 0.306 e. The maximum absolute atomic E-state index is 13.2. The van der Waals surface area contributed by atoms with Crippen molar-refractivity contribution in [2.75, 3.05) is 6.54 Å². The van der Waals surface area contributed by atoms with Crippen molar-refractivity contribution < 1.29 is 4.39 Å². The van der Waals surface area contributed by atoms with Crippen molar-refractivity contribution in [1.82, 2.24) is 15.1 Å². The van der Waals surface area contributed by atoms with Crippen molar-refractivity contribution in [2.45, 2.75) is 13.0 Å². The second-order valence-corrected chi connectivity index (χ2v) is 5.27. The average Bonchev–Trinajstić information content (AvgIpc) is 2.73. The molecule has 1 unspecified atom stereocenters. The van der Waals surface area contributed by atoms with Crippen molar-refractivity contribution in [3.63, 3.8) is 0 Å². The van der Waals surface area contributed by atoms with E-state index in [1.807, 2.05) is 25.5 Å². The zero-order valence-corrected chi connectivity index (χ0v) is 12.5. The minimum absolute atomic E-state index is 0.0520. The number of halogens is 2. The van der Waals surface area contributed by atoms with Gasteiger partial charge in [-0.15, -0.1) is 0 Å². The molecule has 1 aromatic carbocycles. The van der Waals surface area contributed by atoms with Crippen molar-refractivity contribution in [3.8, 4) is 0 Å². The quantitative estimate of drug-likeness (QED) is 0.851. The minimum Gasteiger partial charge on any atom is -0.306 e. The molecule has 0 bridgehead atoms. The fourth-order valence-electron chi connectivity index (χ4n) is 1.94. The van der Waals surface area contributed by atoms with Crippen LogP contribution in [0.2, 0.25) is 0 Å². The lowest BCUT2D eigenvalue weighted by Gasteiger charge is -2.18. The smallest absolute Gasteiger partial charge is 0.124 e. The van der Waals surface area contributed by atoms with Crippen LogP contribution in [0.3, 0.4) is 0 Å². The number of hydrogen-bond acceptors (Lipinski definition) is 2. The van der Waals surface area contributed by atoms with Crippen molar-refractivity contribution >= 4 is 22.6 Å². The Kier molecular flexibility index (Phi) is 4.34. The third kappa shape index (κ3) is 2.89. The summed E-state index contributed by atoms with van der Waals surface area (Å²) in [5, 5.41) is 7.60. The van der Waals surface area contributed by atoms with Crippen LogP contribution in [-0.4, -0.2) is 16.3 Å². The highest BCUT2D eigenvalue weighted by molar-refractivity contribution is 14.1. The van der Waals surface area contributed by atoms with E-state index in [4.69, 9.17) is 0 Å². The van der Waals surface area contributed by atoms with Crippen LogP contribution in [0.1, 0.15) is 24.1 Å². The van der Waals surface area contributed by atoms with E-state index in [0.717, 1.165) is 21.2 Å². The first-order valence-corrected chi connectivity index (χ1v) is 6.86. The highest BCUT2D eigenvalue weighted by Crippen LogP contribution is 2.26. The SMILES string of the molecule is CCNC(c1cnn(C)c1)c1ccc(F)cc1I. The summed E-state index contributed by atoms with van der Waals surface area (Å²) in [5.74, 6) is -0.204. The van der Waals surface area contributed by atoms with Gasteiger partial charge in [-0.2, -0.15) is 5.10 Å². The summed E-state index contributed by atoms with van der Waals surface area (Å²) in [6, 6.07) is 4.93. The molecule has 0 aliphatic carbocycles. The molecule has 0 spiro atoms. The van der Waals surface area contributed by atoms with Crippen LogP contribution in [-0.2, 0) is 7.05 Å². The van der Waals surface area contributed by atoms with Gasteiger partial charge in [-0.1, -0.05) is 13.0 Å². The number of aromatic nitrogens is 2. The van der Waals surface area contributed by atoms with Gasteiger partial charge in [0, 0.05) is 22.4 Å². The monoisotopic (exact) mass is 359 g/mol. The average molecular weight is 359 g/mol. The molecule has 18 heavy (non-hydrogen) atoms. The first kappa shape index (κ1) is 13.5. The van der Waals surface area contributed by atoms with E-state index in [2.05, 4.69) is 39.9 Å². The van der Waals surface area contributed by atoms with E-state index in [9.17, 15) is 4.39 Å². The summed E-state index contributed by atoms with van der Waals surface area (Å²) >= 11 is 2.17. The lowest BCUT2D eigenvalue weighted by molar-refractivity contribution is 0.610. The van der Waals surface area contributed by atoms with Gasteiger partial charge in [-0.3, -0.25) is 4.68 Å². The van der Waals surface area contributed by atoms with Crippen LogP contribution in [0.4, 0.5) is 4.39 Å². The highest BCUT2D eigenvalue weighted by atomic mass is 127. The minimum atomic E-state index is -0.204. The predicted octanol–water partition coefficient (Wildman–Crippen LogP) is 2.86. The molecule has 0 saturated heterocycles. The molecule has 3 nitrogen and oxygen atoms in total. The maximum Gasteiger partial charge on any atom is 0.124 e. The van der Waals surface area contributed by atoms with Gasteiger partial charge >= 0.3 is 0 Å². The van der Waals surface area contributed by atoms with Crippen LogP contribution in [0, 0.1) is 9.39 Å². The molecule has 0 fully saturated rings. The number of nitrogens with one attached hydrogen (secondary N) is 1. The Morgan fingerprint density at radius 2 is 2.28 bits per heavy atom. The van der Waals surface area contributed by atoms with E-state index < -0.39 is 0 Å². The summed E-state index contributed by atoms with van der Waals surface area (Å²) in [7, 11) is 1.89. The Labute approximate surface area is 120 Å². The van der Waals surface area contributed by atoms with Crippen molar-refractivity contribution in [3.05, 3.63) is 51.1 Å². The summed E-state index contributed by atoms with van der Waals surface area (Å²) in [6.07, 6.45) is 3.82. The van der Waals surface area contributed by atoms with Gasteiger partial charge in [0.1, 0.15) is 5.82 Å². The second kappa shape index (κ2) is 5.79. The molecule has 1 N–H and O–H groups in total. The number of nitrogens with zero attached hydrogens (tertiary/aromatic N) is 2. The molecule has 1 aromatic heterocycles. The van der Waals surface area contributed by atoms with Crippen LogP contribution in [0.5, 0.6) is 0 Å². The molecule has 2 rings (SSSR count). The normalized spacial score (nSPS) is 12.7. The topological polar surface area (TPSA) is 29.9 Å². The Morgan fingerprint density at radius 1 is 1.50 bits per heavy atom. The standard InChI is InChI=1S/C13H15FIN3/c1-3-16-13(9-7-17-18(2)8-9)11-5-4-10(14)6-12(11)15/h4-8,13,16H,3H2,1-2H3. The Morgan fingerprint density at radius 3 is 2.83 bits per heavy atom. The van der Waals surface area contributed by atoms with E-state index in [0.29, 0.717) is 0 Å². The van der Waals surface area contributed by atoms with Gasteiger partial charge in [0.15, 0.2) is 0 Å². The number of aryl methyl sites for hydroxylation is 1. The van der Waals surface area contributed by atoms with Crippen LogP contribution >= 0.6 is 22.6 Å². The van der Waals surface area contributed by atoms with Gasteiger partial charge in [0.05, 0.1) is 12.2 Å². The maximum atomic E-state index is 13.2. The van der Waals surface area contributed by atoms with Crippen molar-refractivity contribution in [1.29, 1.82) is 0 Å². The van der Waals surface area contributed by atoms with E-state index in [1.54, 1.807) is 10.7 Å². The number of hydrogen-bond donors (Lipinski definition) is 1. The molecule has 1 heterocycles. The van der Waals surface area contributed by atoms with Gasteiger partial charge in [0.2, 0.25) is 0 Å². The molecule has 0 saturated carbocycles. The second-order valence-electron chi connectivity index (χ2n) is 4.10. The predicted molar refractivity (Wildman–Crippen MR) is 77.8 cm³/mol. The molecule has 5 heteroatoms. The molecule has 96 valence electrons. The summed E-state index contributed by atoms with van der Waals surface area (Å²) in [4.78, 5) is 0. The van der Waals surface area contributed by atoms with E-state index in [1.165, 1.54) is 6.07 Å². The molecule has 0 aliphatic rings. The summed E-state index contributed by atoms with van der Waals surface area (Å²) < 4.78 is 15.9. The van der Waals surface area contributed by atoms with Gasteiger partial charge in [0.25, 0.3) is 0 Å². The number of benzene rings is 1. The lowest BCUT2D eigenvalue weighted by Crippen LogP contribution is -2.22. The Balaban J connectivity index is 2.41. The van der Waals surface area contributed by atoms with E-state index in [-0.39, 0.29) is 11.9 Å². The van der Waals surface area contributed by atoms with Gasteiger partial charge in [-0.25, -0.2) is 4.39 Å². The summed E-state index contributed by atoms with van der Waals surface area (Å²) in [6.45, 7) is 2.90. The third-order valence-corrected chi connectivity index (χ3v) is 3.67. The summed E-state index contributed by atoms with van der Waals surface area (Å²) in [5.41, 5.74) is 2.16. The lowest BCUT2D eigenvalue weighted by atomic mass is 10.0. The molecule has 1 atom stereocenters. The molecule has 2 aromatic rings. The molecule has 0 radical (unpaired) electrons. The van der Waals surface area contributed by atoms with Crippen molar-refractivity contribution in [2.24, 2.45) is 7.05 Å². The molecule has 0 aliphatic heterocycles. The van der Waals surface area contributed by atoms with Crippen LogP contribution in [0.15, 0.2) is 30.6 Å². The third-order valence-electron chi connectivity index (χ3n) is 2.74. The molecular formula is C13H15FIN3. The van der Waals surface area contributed by atoms with Gasteiger partial charge in [-0.05, 0) is 46.8 Å². The zero-order chi connectivity index (χ0) is 13.1. The zero-order valence-electron chi connectivity index (χ0n) is 10.3. The van der Waals surface area contributed by atoms with Gasteiger partial charge < -0.3 is 5.32 Å².